The standard InChI is InChI=1S/C24H21N5O/c1-16-5-2-3-6-20(16)27-24(30)28-21-7-4-8-22-19(21)11-14-29(22)15-17-9-12-25-23-18(17)10-13-26-23/h2-14H,15H2,1H3,(H,25,26)(H2,27,28,30). The molecule has 0 aliphatic carbocycles. The van der Waals surface area contributed by atoms with E-state index in [0.29, 0.717) is 0 Å². The molecule has 30 heavy (non-hydrogen) atoms. The zero-order valence-electron chi connectivity index (χ0n) is 16.5. The van der Waals surface area contributed by atoms with Crippen molar-refractivity contribution in [3.8, 4) is 0 Å². The molecule has 0 saturated carbocycles. The van der Waals surface area contributed by atoms with Crippen LogP contribution in [-0.2, 0) is 6.54 Å². The molecule has 148 valence electrons. The average Bonchev–Trinajstić information content (AvgIpc) is 3.38. The number of benzene rings is 2. The Kier molecular flexibility index (Phi) is 4.44. The third-order valence-corrected chi connectivity index (χ3v) is 5.35. The van der Waals surface area contributed by atoms with E-state index in [4.69, 9.17) is 0 Å². The molecule has 3 heterocycles. The van der Waals surface area contributed by atoms with Crippen molar-refractivity contribution in [2.45, 2.75) is 13.5 Å². The zero-order valence-corrected chi connectivity index (χ0v) is 16.5. The second kappa shape index (κ2) is 7.40. The van der Waals surface area contributed by atoms with Gasteiger partial charge in [0.25, 0.3) is 0 Å². The molecule has 0 saturated heterocycles. The van der Waals surface area contributed by atoms with E-state index in [1.807, 2.05) is 80.1 Å². The van der Waals surface area contributed by atoms with Gasteiger partial charge in [0, 0.05) is 41.6 Å². The maximum atomic E-state index is 12.6. The number of aryl methyl sites for hydroxylation is 1. The van der Waals surface area contributed by atoms with Gasteiger partial charge in [0.15, 0.2) is 0 Å². The number of para-hydroxylation sites is 1. The summed E-state index contributed by atoms with van der Waals surface area (Å²) in [7, 11) is 0. The van der Waals surface area contributed by atoms with Crippen LogP contribution in [0.4, 0.5) is 16.2 Å². The van der Waals surface area contributed by atoms with E-state index in [1.54, 1.807) is 0 Å². The van der Waals surface area contributed by atoms with Crippen molar-refractivity contribution in [1.29, 1.82) is 0 Å². The Hall–Kier alpha value is -4.06. The first-order valence-corrected chi connectivity index (χ1v) is 9.81. The van der Waals surface area contributed by atoms with Crippen molar-refractivity contribution in [2.75, 3.05) is 10.6 Å². The summed E-state index contributed by atoms with van der Waals surface area (Å²) in [6.45, 7) is 2.69. The number of nitrogens with one attached hydrogen (secondary N) is 3. The molecular weight excluding hydrogens is 374 g/mol. The molecule has 3 N–H and O–H groups in total. The lowest BCUT2D eigenvalue weighted by Crippen LogP contribution is -2.20. The zero-order chi connectivity index (χ0) is 20.5. The van der Waals surface area contributed by atoms with E-state index in [1.165, 1.54) is 5.56 Å². The van der Waals surface area contributed by atoms with E-state index >= 15 is 0 Å². The van der Waals surface area contributed by atoms with Crippen molar-refractivity contribution in [3.63, 3.8) is 0 Å². The summed E-state index contributed by atoms with van der Waals surface area (Å²) in [5, 5.41) is 8.02. The topological polar surface area (TPSA) is 74.7 Å². The van der Waals surface area contributed by atoms with Crippen LogP contribution in [0.2, 0.25) is 0 Å². The van der Waals surface area contributed by atoms with Gasteiger partial charge in [-0.2, -0.15) is 0 Å². The highest BCUT2D eigenvalue weighted by Crippen LogP contribution is 2.27. The molecule has 0 aliphatic rings. The largest absolute Gasteiger partial charge is 0.346 e. The summed E-state index contributed by atoms with van der Waals surface area (Å²) in [6, 6.07) is 19.5. The average molecular weight is 395 g/mol. The van der Waals surface area contributed by atoms with Crippen LogP contribution in [0.15, 0.2) is 79.3 Å². The number of aromatic amines is 1. The van der Waals surface area contributed by atoms with Gasteiger partial charge in [0.1, 0.15) is 5.65 Å². The molecule has 5 rings (SSSR count). The molecule has 2 aromatic carbocycles. The fraction of sp³-hybridized carbons (Fsp3) is 0.0833. The second-order valence-electron chi connectivity index (χ2n) is 7.29. The lowest BCUT2D eigenvalue weighted by molar-refractivity contribution is 0.262. The van der Waals surface area contributed by atoms with Crippen LogP contribution in [0.3, 0.4) is 0 Å². The summed E-state index contributed by atoms with van der Waals surface area (Å²) >= 11 is 0. The van der Waals surface area contributed by atoms with Crippen LogP contribution >= 0.6 is 0 Å². The normalized spacial score (nSPS) is 11.1. The molecule has 0 radical (unpaired) electrons. The highest BCUT2D eigenvalue weighted by atomic mass is 16.2. The number of amides is 2. The molecule has 0 unspecified atom stereocenters. The Labute approximate surface area is 173 Å². The molecular formula is C24H21N5O. The van der Waals surface area contributed by atoms with Crippen LogP contribution in [0.5, 0.6) is 0 Å². The molecule has 0 aliphatic heterocycles. The maximum Gasteiger partial charge on any atom is 0.323 e. The number of fused-ring (bicyclic) bond motifs is 2. The van der Waals surface area contributed by atoms with Crippen molar-refractivity contribution < 1.29 is 4.79 Å². The SMILES string of the molecule is Cc1ccccc1NC(=O)Nc1cccc2c1ccn2Cc1ccnc2[nH]ccc12. The van der Waals surface area contributed by atoms with Crippen LogP contribution in [0.1, 0.15) is 11.1 Å². The minimum atomic E-state index is -0.257. The third-order valence-electron chi connectivity index (χ3n) is 5.35. The van der Waals surface area contributed by atoms with E-state index in [0.717, 1.165) is 45.4 Å². The molecule has 0 bridgehead atoms. The summed E-state index contributed by atoms with van der Waals surface area (Å²) in [5.74, 6) is 0. The Balaban J connectivity index is 1.41. The molecule has 5 aromatic rings. The molecule has 0 spiro atoms. The number of H-pyrrole nitrogens is 1. The van der Waals surface area contributed by atoms with Crippen molar-refractivity contribution in [2.24, 2.45) is 0 Å². The number of hydrogen-bond acceptors (Lipinski definition) is 2. The molecule has 6 heteroatoms. The van der Waals surface area contributed by atoms with Crippen molar-refractivity contribution >= 4 is 39.3 Å². The van der Waals surface area contributed by atoms with Crippen molar-refractivity contribution in [1.82, 2.24) is 14.5 Å². The number of aromatic nitrogens is 3. The maximum absolute atomic E-state index is 12.6. The van der Waals surface area contributed by atoms with Gasteiger partial charge in [-0.3, -0.25) is 0 Å². The van der Waals surface area contributed by atoms with Gasteiger partial charge >= 0.3 is 6.03 Å². The van der Waals surface area contributed by atoms with Gasteiger partial charge in [-0.1, -0.05) is 24.3 Å². The number of hydrogen-bond donors (Lipinski definition) is 3. The predicted octanol–water partition coefficient (Wildman–Crippen LogP) is 5.52. The number of rotatable bonds is 4. The second-order valence-corrected chi connectivity index (χ2v) is 7.29. The summed E-state index contributed by atoms with van der Waals surface area (Å²) in [5.41, 5.74) is 5.73. The summed E-state index contributed by atoms with van der Waals surface area (Å²) in [6.07, 6.45) is 5.78. The van der Waals surface area contributed by atoms with Crippen LogP contribution in [0, 0.1) is 6.92 Å². The molecule has 6 nitrogen and oxygen atoms in total. The van der Waals surface area contributed by atoms with Gasteiger partial charge < -0.3 is 20.2 Å². The monoisotopic (exact) mass is 395 g/mol. The number of carbonyl (C=O) groups excluding carboxylic acids is 1. The smallest absolute Gasteiger partial charge is 0.323 e. The Bertz CT molecular complexity index is 1360. The van der Waals surface area contributed by atoms with Gasteiger partial charge in [-0.25, -0.2) is 9.78 Å². The van der Waals surface area contributed by atoms with E-state index in [-0.39, 0.29) is 6.03 Å². The summed E-state index contributed by atoms with van der Waals surface area (Å²) in [4.78, 5) is 20.1. The van der Waals surface area contributed by atoms with Gasteiger partial charge in [-0.15, -0.1) is 0 Å². The quantitative estimate of drug-likeness (QED) is 0.375. The highest BCUT2D eigenvalue weighted by molar-refractivity contribution is 6.06. The molecule has 2 amide bonds. The van der Waals surface area contributed by atoms with Crippen molar-refractivity contribution in [3.05, 3.63) is 90.4 Å². The van der Waals surface area contributed by atoms with E-state index in [9.17, 15) is 4.79 Å². The van der Waals surface area contributed by atoms with Crippen LogP contribution in [-0.4, -0.2) is 20.6 Å². The van der Waals surface area contributed by atoms with E-state index < -0.39 is 0 Å². The first-order chi connectivity index (χ1) is 14.7. The number of pyridine rings is 1. The first-order valence-electron chi connectivity index (χ1n) is 9.81. The van der Waals surface area contributed by atoms with Gasteiger partial charge in [-0.05, 0) is 54.4 Å². The molecule has 0 fully saturated rings. The molecule has 0 atom stereocenters. The first kappa shape index (κ1) is 18.0. The van der Waals surface area contributed by atoms with Crippen LogP contribution < -0.4 is 10.6 Å². The number of anilines is 2. The van der Waals surface area contributed by atoms with E-state index in [2.05, 4.69) is 31.2 Å². The molecule has 3 aromatic heterocycles. The minimum Gasteiger partial charge on any atom is -0.346 e. The minimum absolute atomic E-state index is 0.257. The number of urea groups is 1. The lowest BCUT2D eigenvalue weighted by atomic mass is 10.2. The fourth-order valence-electron chi connectivity index (χ4n) is 3.80. The highest BCUT2D eigenvalue weighted by Gasteiger charge is 2.11. The predicted molar refractivity (Wildman–Crippen MR) is 121 cm³/mol. The summed E-state index contributed by atoms with van der Waals surface area (Å²) < 4.78 is 2.18. The van der Waals surface area contributed by atoms with Gasteiger partial charge in [0.2, 0.25) is 0 Å². The Morgan fingerprint density at radius 3 is 2.70 bits per heavy atom. The number of nitrogens with zero attached hydrogens (tertiary/aromatic N) is 2. The fourth-order valence-corrected chi connectivity index (χ4v) is 3.80. The van der Waals surface area contributed by atoms with Crippen LogP contribution in [0.25, 0.3) is 21.9 Å². The lowest BCUT2D eigenvalue weighted by Gasteiger charge is -2.11. The van der Waals surface area contributed by atoms with Gasteiger partial charge in [0.05, 0.1) is 11.2 Å². The number of carbonyl (C=O) groups is 1. The third kappa shape index (κ3) is 3.28. The Morgan fingerprint density at radius 1 is 0.967 bits per heavy atom. The Morgan fingerprint density at radius 2 is 1.80 bits per heavy atom.